The van der Waals surface area contributed by atoms with Crippen LogP contribution in [0.25, 0.3) is 0 Å². The van der Waals surface area contributed by atoms with Gasteiger partial charge in [-0.25, -0.2) is 13.8 Å². The molecule has 2 aromatic rings. The minimum atomic E-state index is -3.00. The molecule has 3 rings (SSSR count). The van der Waals surface area contributed by atoms with E-state index in [4.69, 9.17) is 4.74 Å². The predicted molar refractivity (Wildman–Crippen MR) is 99.6 cm³/mol. The van der Waals surface area contributed by atoms with Crippen LogP contribution in [0.1, 0.15) is 25.0 Å². The number of carbonyl (C=O) groups is 2. The second kappa shape index (κ2) is 7.46. The molecular formula is C20H19F2N3O3. The molecule has 28 heavy (non-hydrogen) atoms. The number of aromatic nitrogens is 1. The van der Waals surface area contributed by atoms with Crippen LogP contribution < -0.4 is 9.75 Å². The van der Waals surface area contributed by atoms with Gasteiger partial charge in [0.25, 0.3) is 11.8 Å². The third-order valence-corrected chi connectivity index (χ3v) is 4.44. The number of nitrogens with zero attached hydrogens (tertiary/aromatic N) is 3. The summed E-state index contributed by atoms with van der Waals surface area (Å²) in [4.78, 5) is 29.6. The number of Topliss-reactive ketones (excluding diaryl/α,β-unsaturated/α-hetero) is 1. The van der Waals surface area contributed by atoms with Crippen LogP contribution in [0.5, 0.6) is 5.75 Å². The Kier molecular flexibility index (Phi) is 5.22. The first kappa shape index (κ1) is 19.6. The van der Waals surface area contributed by atoms with Crippen LogP contribution in [0, 0.1) is 5.92 Å². The van der Waals surface area contributed by atoms with Gasteiger partial charge in [-0.1, -0.05) is 18.2 Å². The van der Waals surface area contributed by atoms with Crippen molar-refractivity contribution >= 4 is 23.2 Å². The van der Waals surface area contributed by atoms with Gasteiger partial charge in [0.1, 0.15) is 11.7 Å². The number of hydrogen-bond donors (Lipinski definition) is 0. The van der Waals surface area contributed by atoms with Crippen molar-refractivity contribution in [2.75, 3.05) is 12.1 Å². The van der Waals surface area contributed by atoms with Gasteiger partial charge in [0, 0.05) is 18.9 Å². The maximum atomic E-state index is 13.5. The number of methoxy groups -OCH3 is 1. The fraction of sp³-hybridized carbons (Fsp3) is 0.300. The van der Waals surface area contributed by atoms with E-state index in [0.29, 0.717) is 17.0 Å². The second-order valence-electron chi connectivity index (χ2n) is 6.61. The van der Waals surface area contributed by atoms with Crippen LogP contribution in [-0.2, 0) is 21.9 Å². The summed E-state index contributed by atoms with van der Waals surface area (Å²) in [6.45, 7) is 2.38. The average Bonchev–Trinajstić information content (AvgIpc) is 2.95. The number of ether oxygens (including phenoxy) is 1. The highest BCUT2D eigenvalue weighted by molar-refractivity contribution is 6.27. The molecule has 0 N–H and O–H groups in total. The number of rotatable bonds is 6. The number of carbonyl (C=O) groups excluding carboxylic acids is 2. The number of anilines is 1. The van der Waals surface area contributed by atoms with Crippen molar-refractivity contribution < 1.29 is 23.1 Å². The third-order valence-electron chi connectivity index (χ3n) is 4.44. The molecular weight excluding hydrogens is 368 g/mol. The lowest BCUT2D eigenvalue weighted by molar-refractivity contribution is -0.128. The first-order chi connectivity index (χ1) is 13.2. The minimum Gasteiger partial charge on any atom is -0.495 e. The lowest BCUT2D eigenvalue weighted by Gasteiger charge is -2.14. The van der Waals surface area contributed by atoms with Crippen LogP contribution in [0.15, 0.2) is 47.7 Å². The van der Waals surface area contributed by atoms with Gasteiger partial charge in [0.15, 0.2) is 11.6 Å². The molecule has 1 amide bonds. The molecule has 1 atom stereocenters. The Hall–Kier alpha value is -3.16. The van der Waals surface area contributed by atoms with Crippen molar-refractivity contribution in [3.05, 3.63) is 53.7 Å². The SMILES string of the molecule is COc1ccc(N2N=C(C)C(C(=O)Cc3cccc(C(C)(F)F)c3)C2=O)nc1. The van der Waals surface area contributed by atoms with E-state index in [1.807, 2.05) is 0 Å². The smallest absolute Gasteiger partial charge is 0.270 e. The molecule has 1 aromatic carbocycles. The summed E-state index contributed by atoms with van der Waals surface area (Å²) in [6.07, 6.45) is 1.30. The quantitative estimate of drug-likeness (QED) is 0.713. The molecule has 1 aromatic heterocycles. The lowest BCUT2D eigenvalue weighted by Crippen LogP contribution is -2.33. The Morgan fingerprint density at radius 1 is 1.29 bits per heavy atom. The third kappa shape index (κ3) is 3.90. The van der Waals surface area contributed by atoms with Crippen molar-refractivity contribution in [1.82, 2.24) is 4.98 Å². The number of halogens is 2. The fourth-order valence-electron chi connectivity index (χ4n) is 2.98. The highest BCUT2D eigenvalue weighted by Crippen LogP contribution is 2.28. The summed E-state index contributed by atoms with van der Waals surface area (Å²) in [5.41, 5.74) is 0.584. The molecule has 0 saturated heterocycles. The van der Waals surface area contributed by atoms with Crippen LogP contribution in [0.3, 0.4) is 0 Å². The summed E-state index contributed by atoms with van der Waals surface area (Å²) < 4.78 is 32.0. The number of benzene rings is 1. The van der Waals surface area contributed by atoms with E-state index >= 15 is 0 Å². The zero-order chi connectivity index (χ0) is 20.5. The standard InChI is InChI=1S/C20H19F2N3O3/c1-12-18(16(26)10-13-5-4-6-14(9-13)20(2,21)22)19(27)25(24-12)17-8-7-15(28-3)11-23-17/h4-9,11,18H,10H2,1-3H3. The molecule has 8 heteroatoms. The monoisotopic (exact) mass is 387 g/mol. The predicted octanol–water partition coefficient (Wildman–Crippen LogP) is 3.35. The summed E-state index contributed by atoms with van der Waals surface area (Å²) in [7, 11) is 1.50. The normalized spacial score (nSPS) is 16.9. The molecule has 0 spiro atoms. The van der Waals surface area contributed by atoms with E-state index in [1.165, 1.54) is 31.5 Å². The van der Waals surface area contributed by atoms with Gasteiger partial charge >= 0.3 is 0 Å². The number of ketones is 1. The maximum absolute atomic E-state index is 13.5. The molecule has 146 valence electrons. The van der Waals surface area contributed by atoms with Gasteiger partial charge in [-0.2, -0.15) is 10.1 Å². The Labute approximate surface area is 160 Å². The first-order valence-electron chi connectivity index (χ1n) is 8.60. The number of amides is 1. The van der Waals surface area contributed by atoms with E-state index in [1.54, 1.807) is 25.1 Å². The van der Waals surface area contributed by atoms with Gasteiger partial charge in [0.05, 0.1) is 19.0 Å². The van der Waals surface area contributed by atoms with Crippen molar-refractivity contribution in [2.24, 2.45) is 11.0 Å². The van der Waals surface area contributed by atoms with Gasteiger partial charge in [0.2, 0.25) is 0 Å². The summed E-state index contributed by atoms with van der Waals surface area (Å²) >= 11 is 0. The molecule has 0 fully saturated rings. The summed E-state index contributed by atoms with van der Waals surface area (Å²) in [5.74, 6) is -4.19. The minimum absolute atomic E-state index is 0.142. The zero-order valence-electron chi connectivity index (χ0n) is 15.6. The average molecular weight is 387 g/mol. The van der Waals surface area contributed by atoms with Crippen molar-refractivity contribution in [3.63, 3.8) is 0 Å². The Morgan fingerprint density at radius 3 is 2.64 bits per heavy atom. The number of pyridine rings is 1. The zero-order valence-corrected chi connectivity index (χ0v) is 15.6. The molecule has 0 saturated carbocycles. The topological polar surface area (TPSA) is 71.9 Å². The summed E-state index contributed by atoms with van der Waals surface area (Å²) in [6, 6.07) is 8.84. The molecule has 1 aliphatic heterocycles. The van der Waals surface area contributed by atoms with E-state index in [9.17, 15) is 18.4 Å². The summed E-state index contributed by atoms with van der Waals surface area (Å²) in [5, 5.41) is 5.23. The van der Waals surface area contributed by atoms with Crippen molar-refractivity contribution in [1.29, 1.82) is 0 Å². The highest BCUT2D eigenvalue weighted by atomic mass is 19.3. The Bertz CT molecular complexity index is 936. The van der Waals surface area contributed by atoms with Crippen molar-refractivity contribution in [3.8, 4) is 5.75 Å². The van der Waals surface area contributed by atoms with E-state index < -0.39 is 23.5 Å². The molecule has 0 aliphatic carbocycles. The lowest BCUT2D eigenvalue weighted by atomic mass is 9.93. The van der Waals surface area contributed by atoms with Crippen LogP contribution in [0.2, 0.25) is 0 Å². The van der Waals surface area contributed by atoms with Gasteiger partial charge < -0.3 is 4.74 Å². The van der Waals surface area contributed by atoms with E-state index in [2.05, 4.69) is 10.1 Å². The second-order valence-corrected chi connectivity index (χ2v) is 6.61. The molecule has 1 unspecified atom stereocenters. The maximum Gasteiger partial charge on any atom is 0.270 e. The van der Waals surface area contributed by atoms with Crippen LogP contribution in [-0.4, -0.2) is 29.5 Å². The van der Waals surface area contributed by atoms with Crippen LogP contribution in [0.4, 0.5) is 14.6 Å². The number of hydrogen-bond acceptors (Lipinski definition) is 5. The van der Waals surface area contributed by atoms with Gasteiger partial charge in [-0.05, 0) is 30.7 Å². The number of alkyl halides is 2. The molecule has 6 nitrogen and oxygen atoms in total. The molecule has 0 radical (unpaired) electrons. The van der Waals surface area contributed by atoms with Gasteiger partial charge in [-0.15, -0.1) is 0 Å². The van der Waals surface area contributed by atoms with Crippen molar-refractivity contribution in [2.45, 2.75) is 26.2 Å². The van der Waals surface area contributed by atoms with Gasteiger partial charge in [-0.3, -0.25) is 9.59 Å². The highest BCUT2D eigenvalue weighted by Gasteiger charge is 2.40. The molecule has 1 aliphatic rings. The number of hydrazone groups is 1. The Morgan fingerprint density at radius 2 is 2.04 bits per heavy atom. The molecule has 2 heterocycles. The first-order valence-corrected chi connectivity index (χ1v) is 8.60. The van der Waals surface area contributed by atoms with E-state index in [-0.39, 0.29) is 17.8 Å². The van der Waals surface area contributed by atoms with E-state index in [0.717, 1.165) is 11.9 Å². The fourth-order valence-corrected chi connectivity index (χ4v) is 2.98. The Balaban J connectivity index is 1.77. The van der Waals surface area contributed by atoms with Crippen LogP contribution >= 0.6 is 0 Å². The molecule has 0 bridgehead atoms. The largest absolute Gasteiger partial charge is 0.495 e.